The molecule has 1 aromatic carbocycles. The second kappa shape index (κ2) is 8.91. The van der Waals surface area contributed by atoms with Gasteiger partial charge >= 0.3 is 6.03 Å². The molecule has 2 aromatic rings. The number of amides is 2. The molecule has 2 amide bonds. The summed E-state index contributed by atoms with van der Waals surface area (Å²) in [5.41, 5.74) is 1.36. The highest BCUT2D eigenvalue weighted by Crippen LogP contribution is 2.52. The molecule has 1 aliphatic heterocycles. The number of urea groups is 1. The SMILES string of the molecule is CCN(C)[C@]1(c2ccccc2)CC[C@]2(CC1)CN(c1cnc(C)nc1)C(=O)N2CC1(C#N)CCC1. The van der Waals surface area contributed by atoms with Crippen molar-refractivity contribution in [3.05, 3.63) is 54.1 Å². The van der Waals surface area contributed by atoms with Crippen LogP contribution >= 0.6 is 0 Å². The molecule has 7 heteroatoms. The molecule has 0 atom stereocenters. The zero-order valence-electron chi connectivity index (χ0n) is 21.2. The Labute approximate surface area is 208 Å². The average molecular weight is 473 g/mol. The number of hydrogen-bond acceptors (Lipinski definition) is 5. The maximum atomic E-state index is 13.9. The van der Waals surface area contributed by atoms with E-state index in [9.17, 15) is 10.1 Å². The lowest BCUT2D eigenvalue weighted by Gasteiger charge is -2.53. The summed E-state index contributed by atoms with van der Waals surface area (Å²) in [4.78, 5) is 29.0. The van der Waals surface area contributed by atoms with Crippen LogP contribution in [0.5, 0.6) is 0 Å². The second-order valence-corrected chi connectivity index (χ2v) is 10.8. The van der Waals surface area contributed by atoms with E-state index in [-0.39, 0.29) is 17.1 Å². The van der Waals surface area contributed by atoms with Crippen LogP contribution in [0, 0.1) is 23.7 Å². The Bertz CT molecular complexity index is 1100. The third-order valence-electron chi connectivity index (χ3n) is 9.10. The van der Waals surface area contributed by atoms with Crippen LogP contribution in [-0.2, 0) is 5.54 Å². The van der Waals surface area contributed by atoms with E-state index in [1.54, 1.807) is 12.4 Å². The Kier molecular flexibility index (Phi) is 6.04. The zero-order valence-corrected chi connectivity index (χ0v) is 21.2. The first kappa shape index (κ1) is 23.7. The number of carbonyl (C=O) groups is 1. The van der Waals surface area contributed by atoms with Gasteiger partial charge in [-0.25, -0.2) is 14.8 Å². The molecule has 7 nitrogen and oxygen atoms in total. The number of aryl methyl sites for hydroxylation is 1. The molecular weight excluding hydrogens is 436 g/mol. The average Bonchev–Trinajstić information content (AvgIpc) is 3.13. The van der Waals surface area contributed by atoms with Crippen LogP contribution in [-0.4, -0.2) is 58.0 Å². The quantitative estimate of drug-likeness (QED) is 0.599. The van der Waals surface area contributed by atoms with E-state index in [0.717, 1.165) is 57.2 Å². The van der Waals surface area contributed by atoms with Crippen molar-refractivity contribution < 1.29 is 4.79 Å². The minimum atomic E-state index is -0.406. The molecule has 0 unspecified atom stereocenters. The van der Waals surface area contributed by atoms with Crippen LogP contribution in [0.15, 0.2) is 42.7 Å². The molecule has 0 N–H and O–H groups in total. The fourth-order valence-electron chi connectivity index (χ4n) is 6.47. The minimum Gasteiger partial charge on any atom is -0.315 e. The first-order valence-electron chi connectivity index (χ1n) is 12.9. The molecule has 3 aliphatic rings. The Morgan fingerprint density at radius 2 is 1.71 bits per heavy atom. The first-order chi connectivity index (χ1) is 16.9. The molecule has 2 aliphatic carbocycles. The molecular formula is C28H36N6O. The summed E-state index contributed by atoms with van der Waals surface area (Å²) in [6.07, 6.45) is 10.1. The smallest absolute Gasteiger partial charge is 0.315 e. The van der Waals surface area contributed by atoms with Crippen LogP contribution in [0.25, 0.3) is 0 Å². The van der Waals surface area contributed by atoms with Gasteiger partial charge in [0.1, 0.15) is 5.82 Å². The summed E-state index contributed by atoms with van der Waals surface area (Å²) >= 11 is 0. The maximum Gasteiger partial charge on any atom is 0.325 e. The monoisotopic (exact) mass is 472 g/mol. The highest BCUT2D eigenvalue weighted by atomic mass is 16.2. The predicted octanol–water partition coefficient (Wildman–Crippen LogP) is 4.88. The van der Waals surface area contributed by atoms with Crippen molar-refractivity contribution in [1.82, 2.24) is 19.8 Å². The van der Waals surface area contributed by atoms with Crippen molar-refractivity contribution >= 4 is 11.7 Å². The van der Waals surface area contributed by atoms with Gasteiger partial charge in [0.2, 0.25) is 0 Å². The van der Waals surface area contributed by atoms with E-state index in [1.165, 1.54) is 5.56 Å². The number of aromatic nitrogens is 2. The predicted molar refractivity (Wildman–Crippen MR) is 136 cm³/mol. The van der Waals surface area contributed by atoms with Crippen LogP contribution in [0.4, 0.5) is 10.5 Å². The highest BCUT2D eigenvalue weighted by Gasteiger charge is 2.57. The van der Waals surface area contributed by atoms with Gasteiger partial charge in [-0.05, 0) is 64.6 Å². The van der Waals surface area contributed by atoms with Crippen molar-refractivity contribution in [1.29, 1.82) is 5.26 Å². The topological polar surface area (TPSA) is 76.4 Å². The van der Waals surface area contributed by atoms with Crippen LogP contribution in [0.2, 0.25) is 0 Å². The summed E-state index contributed by atoms with van der Waals surface area (Å²) in [6, 6.07) is 13.4. The molecule has 0 radical (unpaired) electrons. The van der Waals surface area contributed by atoms with Gasteiger partial charge < -0.3 is 4.90 Å². The Morgan fingerprint density at radius 1 is 1.06 bits per heavy atom. The van der Waals surface area contributed by atoms with Crippen molar-refractivity contribution in [2.24, 2.45) is 5.41 Å². The van der Waals surface area contributed by atoms with E-state index in [4.69, 9.17) is 0 Å². The van der Waals surface area contributed by atoms with E-state index in [0.29, 0.717) is 18.9 Å². The molecule has 2 heterocycles. The Morgan fingerprint density at radius 3 is 2.26 bits per heavy atom. The number of rotatable bonds is 6. The largest absolute Gasteiger partial charge is 0.325 e. The van der Waals surface area contributed by atoms with Gasteiger partial charge in [0.15, 0.2) is 0 Å². The fourth-order valence-corrected chi connectivity index (χ4v) is 6.47. The molecule has 1 spiro atoms. The lowest BCUT2D eigenvalue weighted by Crippen LogP contribution is -2.58. The van der Waals surface area contributed by atoms with Gasteiger partial charge in [0.05, 0.1) is 41.6 Å². The number of hydrogen-bond donors (Lipinski definition) is 0. The molecule has 1 aromatic heterocycles. The van der Waals surface area contributed by atoms with Gasteiger partial charge in [-0.1, -0.05) is 43.7 Å². The summed E-state index contributed by atoms with van der Waals surface area (Å²) in [5, 5.41) is 9.99. The number of anilines is 1. The van der Waals surface area contributed by atoms with Crippen molar-refractivity contribution in [3.63, 3.8) is 0 Å². The zero-order chi connectivity index (χ0) is 24.7. The van der Waals surface area contributed by atoms with Crippen molar-refractivity contribution in [2.75, 3.05) is 31.6 Å². The molecule has 3 fully saturated rings. The second-order valence-electron chi connectivity index (χ2n) is 10.8. The lowest BCUT2D eigenvalue weighted by molar-refractivity contribution is 0.000798. The summed E-state index contributed by atoms with van der Waals surface area (Å²) in [5.74, 6) is 0.692. The Balaban J connectivity index is 1.49. The lowest BCUT2D eigenvalue weighted by atomic mass is 9.66. The van der Waals surface area contributed by atoms with Gasteiger partial charge in [0.25, 0.3) is 0 Å². The van der Waals surface area contributed by atoms with Crippen molar-refractivity contribution in [3.8, 4) is 6.07 Å². The summed E-state index contributed by atoms with van der Waals surface area (Å²) in [6.45, 7) is 6.18. The molecule has 35 heavy (non-hydrogen) atoms. The van der Waals surface area contributed by atoms with E-state index in [1.807, 2.05) is 11.8 Å². The van der Waals surface area contributed by atoms with E-state index >= 15 is 0 Å². The fraction of sp³-hybridized carbons (Fsp3) is 0.571. The summed E-state index contributed by atoms with van der Waals surface area (Å²) in [7, 11) is 2.22. The first-order valence-corrected chi connectivity index (χ1v) is 12.9. The summed E-state index contributed by atoms with van der Waals surface area (Å²) < 4.78 is 0. The van der Waals surface area contributed by atoms with Gasteiger partial charge in [-0.3, -0.25) is 9.80 Å². The Hall–Kier alpha value is -2.98. The van der Waals surface area contributed by atoms with Gasteiger partial charge in [-0.2, -0.15) is 5.26 Å². The number of nitrogens with zero attached hydrogens (tertiary/aromatic N) is 6. The van der Waals surface area contributed by atoms with Crippen molar-refractivity contribution in [2.45, 2.75) is 69.9 Å². The standard InChI is InChI=1S/C28H36N6O/c1-4-32(3)28(23-9-6-5-7-10-23)15-13-27(14-16-28)21-33(24-17-30-22(2)31-18-24)25(35)34(27)20-26(19-29)11-8-12-26/h5-7,9-10,17-18H,4,8,11-16,20-21H2,1-3H3/t27-,28+. The normalized spacial score (nSPS) is 27.8. The van der Waals surface area contributed by atoms with Crippen LogP contribution in [0.3, 0.4) is 0 Å². The van der Waals surface area contributed by atoms with Gasteiger partial charge in [0, 0.05) is 12.1 Å². The molecule has 1 saturated heterocycles. The molecule has 184 valence electrons. The molecule has 0 bridgehead atoms. The molecule has 5 rings (SSSR count). The van der Waals surface area contributed by atoms with E-state index in [2.05, 4.69) is 70.1 Å². The van der Waals surface area contributed by atoms with Crippen LogP contribution < -0.4 is 4.90 Å². The minimum absolute atomic E-state index is 0.00460. The number of nitriles is 1. The maximum absolute atomic E-state index is 13.9. The third kappa shape index (κ3) is 3.88. The number of carbonyl (C=O) groups excluding carboxylic acids is 1. The molecule has 2 saturated carbocycles. The highest BCUT2D eigenvalue weighted by molar-refractivity contribution is 5.95. The third-order valence-corrected chi connectivity index (χ3v) is 9.10. The van der Waals surface area contributed by atoms with Gasteiger partial charge in [-0.15, -0.1) is 0 Å². The van der Waals surface area contributed by atoms with E-state index < -0.39 is 5.41 Å². The van der Waals surface area contributed by atoms with Crippen LogP contribution in [0.1, 0.15) is 63.3 Å². The number of benzene rings is 1.